The molecular formula is C15H15NO. The molecule has 0 spiro atoms. The van der Waals surface area contributed by atoms with Crippen LogP contribution in [0.3, 0.4) is 0 Å². The van der Waals surface area contributed by atoms with Gasteiger partial charge >= 0.3 is 0 Å². The van der Waals surface area contributed by atoms with E-state index in [9.17, 15) is 4.79 Å². The van der Waals surface area contributed by atoms with Crippen LogP contribution in [-0.4, -0.2) is 10.8 Å². The molecule has 0 fully saturated rings. The molecule has 0 bridgehead atoms. The topological polar surface area (TPSA) is 30.0 Å². The Morgan fingerprint density at radius 1 is 1.24 bits per heavy atom. The van der Waals surface area contributed by atoms with E-state index in [-0.39, 0.29) is 5.78 Å². The molecule has 0 unspecified atom stereocenters. The van der Waals surface area contributed by atoms with Crippen molar-refractivity contribution in [3.05, 3.63) is 65.0 Å². The fourth-order valence-corrected chi connectivity index (χ4v) is 1.85. The van der Waals surface area contributed by atoms with Gasteiger partial charge in [-0.3, -0.25) is 9.78 Å². The first kappa shape index (κ1) is 11.5. The molecule has 0 saturated heterocycles. The minimum absolute atomic E-state index is 0.00569. The van der Waals surface area contributed by atoms with Gasteiger partial charge in [-0.2, -0.15) is 0 Å². The molecule has 0 saturated carbocycles. The summed E-state index contributed by atoms with van der Waals surface area (Å²) in [6.07, 6.45) is 2.49. The van der Waals surface area contributed by atoms with Gasteiger partial charge in [0.15, 0.2) is 0 Å². The van der Waals surface area contributed by atoms with Gasteiger partial charge in [0.25, 0.3) is 0 Å². The molecule has 0 aliphatic rings. The molecule has 2 nitrogen and oxygen atoms in total. The Morgan fingerprint density at radius 2 is 2.06 bits per heavy atom. The third-order valence-corrected chi connectivity index (χ3v) is 2.77. The zero-order chi connectivity index (χ0) is 12.3. The van der Waals surface area contributed by atoms with E-state index >= 15 is 0 Å². The predicted octanol–water partition coefficient (Wildman–Crippen LogP) is 3.18. The van der Waals surface area contributed by atoms with Crippen molar-refractivity contribution in [2.24, 2.45) is 0 Å². The number of aryl methyl sites for hydroxylation is 2. The van der Waals surface area contributed by atoms with Crippen LogP contribution in [0.15, 0.2) is 42.6 Å². The van der Waals surface area contributed by atoms with Crippen LogP contribution in [0.2, 0.25) is 0 Å². The highest BCUT2D eigenvalue weighted by Gasteiger charge is 2.13. The molecule has 0 atom stereocenters. The minimum atomic E-state index is 0.00569. The highest BCUT2D eigenvalue weighted by Crippen LogP contribution is 2.13. The van der Waals surface area contributed by atoms with E-state index < -0.39 is 0 Å². The number of benzene rings is 1. The van der Waals surface area contributed by atoms with Crippen molar-refractivity contribution in [2.75, 3.05) is 0 Å². The van der Waals surface area contributed by atoms with Crippen LogP contribution in [0.5, 0.6) is 0 Å². The van der Waals surface area contributed by atoms with Gasteiger partial charge in [-0.1, -0.05) is 36.8 Å². The summed E-state index contributed by atoms with van der Waals surface area (Å²) in [5.74, 6) is 0.00569. The van der Waals surface area contributed by atoms with Crippen molar-refractivity contribution in [1.82, 2.24) is 4.98 Å². The quantitative estimate of drug-likeness (QED) is 0.751. The standard InChI is InChI=1S/C15H15NO/c1-3-12-8-5-9-16-14(12)15(17)13-7-4-6-11(2)10-13/h4-10H,3H2,1-2H3. The number of rotatable bonds is 3. The maximum atomic E-state index is 12.3. The Hall–Kier alpha value is -1.96. The predicted molar refractivity (Wildman–Crippen MR) is 68.2 cm³/mol. The Morgan fingerprint density at radius 3 is 2.76 bits per heavy atom. The second-order valence-electron chi connectivity index (χ2n) is 4.06. The van der Waals surface area contributed by atoms with Gasteiger partial charge in [0, 0.05) is 11.8 Å². The number of hydrogen-bond acceptors (Lipinski definition) is 2. The number of aromatic nitrogens is 1. The van der Waals surface area contributed by atoms with Gasteiger partial charge in [0.2, 0.25) is 5.78 Å². The van der Waals surface area contributed by atoms with Crippen molar-refractivity contribution in [3.63, 3.8) is 0 Å². The summed E-state index contributed by atoms with van der Waals surface area (Å²) in [5.41, 5.74) is 3.36. The molecule has 0 aliphatic carbocycles. The maximum absolute atomic E-state index is 12.3. The molecule has 86 valence electrons. The first-order valence-corrected chi connectivity index (χ1v) is 5.77. The molecule has 0 amide bonds. The van der Waals surface area contributed by atoms with E-state index in [0.29, 0.717) is 11.3 Å². The van der Waals surface area contributed by atoms with Crippen molar-refractivity contribution in [1.29, 1.82) is 0 Å². The van der Waals surface area contributed by atoms with Gasteiger partial charge in [0.05, 0.1) is 0 Å². The smallest absolute Gasteiger partial charge is 0.211 e. The Kier molecular flexibility index (Phi) is 3.33. The highest BCUT2D eigenvalue weighted by molar-refractivity contribution is 6.08. The van der Waals surface area contributed by atoms with Crippen molar-refractivity contribution in [2.45, 2.75) is 20.3 Å². The number of ketones is 1. The van der Waals surface area contributed by atoms with Crippen LogP contribution >= 0.6 is 0 Å². The molecule has 2 rings (SSSR count). The first-order valence-electron chi connectivity index (χ1n) is 5.77. The third-order valence-electron chi connectivity index (χ3n) is 2.77. The average molecular weight is 225 g/mol. The van der Waals surface area contributed by atoms with Crippen LogP contribution in [0.1, 0.15) is 34.1 Å². The fraction of sp³-hybridized carbons (Fsp3) is 0.200. The second kappa shape index (κ2) is 4.91. The lowest BCUT2D eigenvalue weighted by Crippen LogP contribution is -2.07. The summed E-state index contributed by atoms with van der Waals surface area (Å²) < 4.78 is 0. The maximum Gasteiger partial charge on any atom is 0.211 e. The van der Waals surface area contributed by atoms with Crippen molar-refractivity contribution < 1.29 is 4.79 Å². The van der Waals surface area contributed by atoms with Gasteiger partial charge in [0.1, 0.15) is 5.69 Å². The average Bonchev–Trinajstić information content (AvgIpc) is 2.38. The summed E-state index contributed by atoms with van der Waals surface area (Å²) >= 11 is 0. The van der Waals surface area contributed by atoms with Crippen LogP contribution < -0.4 is 0 Å². The van der Waals surface area contributed by atoms with E-state index in [1.807, 2.05) is 50.2 Å². The lowest BCUT2D eigenvalue weighted by atomic mass is 10.0. The molecule has 2 aromatic rings. The molecule has 0 aliphatic heterocycles. The number of hydrogen-bond donors (Lipinski definition) is 0. The lowest BCUT2D eigenvalue weighted by molar-refractivity contribution is 0.103. The van der Waals surface area contributed by atoms with Gasteiger partial charge < -0.3 is 0 Å². The number of pyridine rings is 1. The molecule has 1 aromatic heterocycles. The summed E-state index contributed by atoms with van der Waals surface area (Å²) in [6.45, 7) is 4.01. The first-order chi connectivity index (χ1) is 8.22. The van der Waals surface area contributed by atoms with Crippen molar-refractivity contribution >= 4 is 5.78 Å². The largest absolute Gasteiger partial charge is 0.287 e. The second-order valence-corrected chi connectivity index (χ2v) is 4.06. The normalized spacial score (nSPS) is 10.2. The molecule has 1 aromatic carbocycles. The fourth-order valence-electron chi connectivity index (χ4n) is 1.85. The molecular weight excluding hydrogens is 210 g/mol. The van der Waals surface area contributed by atoms with E-state index in [1.54, 1.807) is 6.20 Å². The molecule has 2 heteroatoms. The van der Waals surface area contributed by atoms with Crippen LogP contribution in [0.4, 0.5) is 0 Å². The zero-order valence-electron chi connectivity index (χ0n) is 10.1. The van der Waals surface area contributed by atoms with E-state index in [4.69, 9.17) is 0 Å². The number of carbonyl (C=O) groups is 1. The monoisotopic (exact) mass is 225 g/mol. The molecule has 0 radical (unpaired) electrons. The molecule has 17 heavy (non-hydrogen) atoms. The molecule has 0 N–H and O–H groups in total. The number of nitrogens with zero attached hydrogens (tertiary/aromatic N) is 1. The Labute approximate surface area is 101 Å². The SMILES string of the molecule is CCc1cccnc1C(=O)c1cccc(C)c1. The van der Waals surface area contributed by atoms with Crippen LogP contribution in [0.25, 0.3) is 0 Å². The zero-order valence-corrected chi connectivity index (χ0v) is 10.1. The summed E-state index contributed by atoms with van der Waals surface area (Å²) in [5, 5.41) is 0. The van der Waals surface area contributed by atoms with Gasteiger partial charge in [-0.05, 0) is 31.0 Å². The van der Waals surface area contributed by atoms with Crippen LogP contribution in [-0.2, 0) is 6.42 Å². The Bertz CT molecular complexity index is 546. The van der Waals surface area contributed by atoms with Crippen molar-refractivity contribution in [3.8, 4) is 0 Å². The third kappa shape index (κ3) is 2.41. The Balaban J connectivity index is 2.44. The van der Waals surface area contributed by atoms with E-state index in [0.717, 1.165) is 17.5 Å². The highest BCUT2D eigenvalue weighted by atomic mass is 16.1. The summed E-state index contributed by atoms with van der Waals surface area (Å²) in [7, 11) is 0. The summed E-state index contributed by atoms with van der Waals surface area (Å²) in [6, 6.07) is 11.4. The minimum Gasteiger partial charge on any atom is -0.287 e. The lowest BCUT2D eigenvalue weighted by Gasteiger charge is -2.05. The van der Waals surface area contributed by atoms with Gasteiger partial charge in [-0.15, -0.1) is 0 Å². The van der Waals surface area contributed by atoms with E-state index in [2.05, 4.69) is 4.98 Å². The van der Waals surface area contributed by atoms with Gasteiger partial charge in [-0.25, -0.2) is 0 Å². The summed E-state index contributed by atoms with van der Waals surface area (Å²) in [4.78, 5) is 16.5. The van der Waals surface area contributed by atoms with Crippen LogP contribution in [0, 0.1) is 6.92 Å². The molecule has 1 heterocycles. The number of carbonyl (C=O) groups excluding carboxylic acids is 1. The van der Waals surface area contributed by atoms with E-state index in [1.165, 1.54) is 0 Å².